The Morgan fingerprint density at radius 2 is 2.25 bits per heavy atom. The first-order valence-corrected chi connectivity index (χ1v) is 7.30. The molecule has 0 saturated heterocycles. The van der Waals surface area contributed by atoms with Crippen molar-refractivity contribution in [3.63, 3.8) is 0 Å². The second-order valence-corrected chi connectivity index (χ2v) is 6.38. The zero-order chi connectivity index (χ0) is 11.0. The van der Waals surface area contributed by atoms with E-state index in [1.807, 2.05) is 6.07 Å². The lowest BCUT2D eigenvalue weighted by atomic mass is 10.3. The number of nitrogens with one attached hydrogen (secondary N) is 1. The van der Waals surface area contributed by atoms with Crippen molar-refractivity contribution in [3.8, 4) is 0 Å². The van der Waals surface area contributed by atoms with Gasteiger partial charge in [0.25, 0.3) is 0 Å². The van der Waals surface area contributed by atoms with Gasteiger partial charge in [-0.05, 0) is 43.7 Å². The summed E-state index contributed by atoms with van der Waals surface area (Å²) in [6, 6.07) is 2.55. The maximum absolute atomic E-state index is 5.94. The van der Waals surface area contributed by atoms with Crippen LogP contribution in [0.3, 0.4) is 0 Å². The summed E-state index contributed by atoms with van der Waals surface area (Å²) in [6.45, 7) is 0. The first-order chi connectivity index (χ1) is 7.81. The molecule has 86 valence electrons. The molecule has 2 heterocycles. The highest BCUT2D eigenvalue weighted by atomic mass is 35.5. The van der Waals surface area contributed by atoms with Crippen LogP contribution in [0.25, 0.3) is 0 Å². The Labute approximate surface area is 107 Å². The SMILES string of the molecule is Clc1cc2c(s1)N=C(OC1CCCC1)NS2. The number of aliphatic imine (C=N–C) groups is 1. The number of hydrogen-bond acceptors (Lipinski definition) is 5. The van der Waals surface area contributed by atoms with Crippen molar-refractivity contribution in [2.24, 2.45) is 4.99 Å². The number of ether oxygens (including phenoxy) is 1. The van der Waals surface area contributed by atoms with Gasteiger partial charge in [0.05, 0.1) is 9.23 Å². The van der Waals surface area contributed by atoms with Crippen molar-refractivity contribution in [1.82, 2.24) is 4.72 Å². The molecule has 3 nitrogen and oxygen atoms in total. The Morgan fingerprint density at radius 1 is 1.44 bits per heavy atom. The number of fused-ring (bicyclic) bond motifs is 1. The summed E-state index contributed by atoms with van der Waals surface area (Å²) < 4.78 is 9.68. The molecule has 0 unspecified atom stereocenters. The van der Waals surface area contributed by atoms with Crippen LogP contribution >= 0.6 is 34.9 Å². The van der Waals surface area contributed by atoms with E-state index in [9.17, 15) is 0 Å². The van der Waals surface area contributed by atoms with Gasteiger partial charge in [-0.3, -0.25) is 4.72 Å². The van der Waals surface area contributed by atoms with E-state index in [1.165, 1.54) is 36.1 Å². The third-order valence-electron chi connectivity index (χ3n) is 2.68. The molecule has 0 spiro atoms. The van der Waals surface area contributed by atoms with Gasteiger partial charge >= 0.3 is 6.02 Å². The van der Waals surface area contributed by atoms with Crippen LogP contribution in [0.1, 0.15) is 25.7 Å². The minimum Gasteiger partial charge on any atom is -0.461 e. The second-order valence-electron chi connectivity index (χ2n) is 3.87. The summed E-state index contributed by atoms with van der Waals surface area (Å²) >= 11 is 8.95. The van der Waals surface area contributed by atoms with Crippen LogP contribution in [-0.2, 0) is 4.74 Å². The lowest BCUT2D eigenvalue weighted by molar-refractivity contribution is 0.190. The van der Waals surface area contributed by atoms with Crippen LogP contribution in [-0.4, -0.2) is 12.1 Å². The van der Waals surface area contributed by atoms with Crippen molar-refractivity contribution < 1.29 is 4.74 Å². The fourth-order valence-electron chi connectivity index (χ4n) is 1.92. The van der Waals surface area contributed by atoms with Gasteiger partial charge in [-0.1, -0.05) is 11.6 Å². The van der Waals surface area contributed by atoms with Crippen molar-refractivity contribution in [2.45, 2.75) is 36.7 Å². The lowest BCUT2D eigenvalue weighted by Gasteiger charge is -2.17. The second kappa shape index (κ2) is 4.47. The molecule has 1 aliphatic carbocycles. The molecule has 0 atom stereocenters. The van der Waals surface area contributed by atoms with E-state index in [0.29, 0.717) is 12.1 Å². The maximum Gasteiger partial charge on any atom is 0.301 e. The molecule has 1 saturated carbocycles. The first-order valence-electron chi connectivity index (χ1n) is 5.29. The summed E-state index contributed by atoms with van der Waals surface area (Å²) in [5.41, 5.74) is 0. The molecule has 1 N–H and O–H groups in total. The summed E-state index contributed by atoms with van der Waals surface area (Å²) in [5, 5.41) is 0.946. The van der Waals surface area contributed by atoms with E-state index in [0.717, 1.165) is 27.1 Å². The van der Waals surface area contributed by atoms with Crippen molar-refractivity contribution in [2.75, 3.05) is 0 Å². The zero-order valence-corrected chi connectivity index (χ0v) is 10.9. The average Bonchev–Trinajstić information content (AvgIpc) is 2.85. The summed E-state index contributed by atoms with van der Waals surface area (Å²) in [7, 11) is 0. The van der Waals surface area contributed by atoms with E-state index < -0.39 is 0 Å². The quantitative estimate of drug-likeness (QED) is 0.787. The number of halogens is 1. The topological polar surface area (TPSA) is 33.6 Å². The molecule has 0 amide bonds. The summed E-state index contributed by atoms with van der Waals surface area (Å²) in [4.78, 5) is 5.50. The standard InChI is InChI=1S/C10H11ClN2OS2/c11-8-5-7-9(15-8)12-10(13-16-7)14-6-3-1-2-4-6/h5-6H,1-4H2,(H,12,13). The van der Waals surface area contributed by atoms with Gasteiger partial charge < -0.3 is 4.74 Å². The third-order valence-corrected chi connectivity index (χ3v) is 4.78. The summed E-state index contributed by atoms with van der Waals surface area (Å²) in [6.07, 6.45) is 5.15. The van der Waals surface area contributed by atoms with E-state index in [2.05, 4.69) is 9.71 Å². The van der Waals surface area contributed by atoms with Crippen molar-refractivity contribution >= 4 is 45.9 Å². The Kier molecular flexibility index (Phi) is 3.00. The molecule has 3 rings (SSSR count). The molecular formula is C10H11ClN2OS2. The van der Waals surface area contributed by atoms with Crippen molar-refractivity contribution in [3.05, 3.63) is 10.4 Å². The average molecular weight is 275 g/mol. The van der Waals surface area contributed by atoms with Gasteiger partial charge in [0.2, 0.25) is 0 Å². The minimum absolute atomic E-state index is 0.337. The highest BCUT2D eigenvalue weighted by Gasteiger charge is 2.22. The Bertz CT molecular complexity index is 426. The molecule has 2 aliphatic rings. The fraction of sp³-hybridized carbons (Fsp3) is 0.500. The molecule has 0 radical (unpaired) electrons. The van der Waals surface area contributed by atoms with Crippen LogP contribution < -0.4 is 4.72 Å². The number of thiophene rings is 1. The molecule has 0 aromatic carbocycles. The number of hydrogen-bond donors (Lipinski definition) is 1. The fourth-order valence-corrected chi connectivity index (χ4v) is 3.88. The maximum atomic E-state index is 5.94. The predicted molar refractivity (Wildman–Crippen MR) is 68.8 cm³/mol. The van der Waals surface area contributed by atoms with Gasteiger partial charge in [0, 0.05) is 0 Å². The van der Waals surface area contributed by atoms with E-state index >= 15 is 0 Å². The smallest absolute Gasteiger partial charge is 0.301 e. The largest absolute Gasteiger partial charge is 0.461 e. The van der Waals surface area contributed by atoms with Gasteiger partial charge in [-0.25, -0.2) is 0 Å². The first kappa shape index (κ1) is 10.7. The molecular weight excluding hydrogens is 264 g/mol. The molecule has 1 fully saturated rings. The third kappa shape index (κ3) is 2.17. The van der Waals surface area contributed by atoms with E-state index in [4.69, 9.17) is 16.3 Å². The van der Waals surface area contributed by atoms with Gasteiger partial charge in [-0.15, -0.1) is 11.3 Å². The molecule has 1 aromatic heterocycles. The van der Waals surface area contributed by atoms with E-state index in [1.54, 1.807) is 0 Å². The molecule has 1 aromatic rings. The van der Waals surface area contributed by atoms with Crippen LogP contribution in [0.15, 0.2) is 16.0 Å². The van der Waals surface area contributed by atoms with Crippen LogP contribution in [0.4, 0.5) is 5.00 Å². The Balaban J connectivity index is 1.75. The highest BCUT2D eigenvalue weighted by Crippen LogP contribution is 2.41. The van der Waals surface area contributed by atoms with E-state index in [-0.39, 0.29) is 0 Å². The molecule has 16 heavy (non-hydrogen) atoms. The highest BCUT2D eigenvalue weighted by molar-refractivity contribution is 7.98. The van der Waals surface area contributed by atoms with Crippen LogP contribution in [0.2, 0.25) is 4.34 Å². The molecule has 1 aliphatic heterocycles. The van der Waals surface area contributed by atoms with Crippen LogP contribution in [0.5, 0.6) is 0 Å². The van der Waals surface area contributed by atoms with Crippen molar-refractivity contribution in [1.29, 1.82) is 0 Å². The summed E-state index contributed by atoms with van der Waals surface area (Å²) in [5.74, 6) is 0. The number of nitrogens with zero attached hydrogens (tertiary/aromatic N) is 1. The minimum atomic E-state index is 0.337. The predicted octanol–water partition coefficient (Wildman–Crippen LogP) is 3.96. The Morgan fingerprint density at radius 3 is 3.06 bits per heavy atom. The van der Waals surface area contributed by atoms with Gasteiger partial charge in [-0.2, -0.15) is 4.99 Å². The lowest BCUT2D eigenvalue weighted by Crippen LogP contribution is -2.25. The van der Waals surface area contributed by atoms with Gasteiger partial charge in [0.15, 0.2) is 0 Å². The number of amidine groups is 1. The molecule has 0 bridgehead atoms. The Hall–Kier alpha value is -0.390. The van der Waals surface area contributed by atoms with Crippen LogP contribution in [0, 0.1) is 0 Å². The number of rotatable bonds is 1. The zero-order valence-electron chi connectivity index (χ0n) is 8.53. The van der Waals surface area contributed by atoms with Gasteiger partial charge in [0.1, 0.15) is 11.1 Å². The molecule has 6 heteroatoms. The monoisotopic (exact) mass is 274 g/mol. The normalized spacial score (nSPS) is 20.2.